The number of hydrogen-bond acceptors (Lipinski definition) is 11. The summed E-state index contributed by atoms with van der Waals surface area (Å²) >= 11 is 0. The average molecular weight is 650 g/mol. The lowest BCUT2D eigenvalue weighted by Crippen LogP contribution is -2.62. The van der Waals surface area contributed by atoms with Crippen LogP contribution in [-0.4, -0.2) is 67.5 Å². The number of rotatable bonds is 1. The predicted octanol–water partition coefficient (Wildman–Crippen LogP) is 1.63. The first-order chi connectivity index (χ1) is 21.4. The third-order valence-corrected chi connectivity index (χ3v) is 15.5. The molecule has 0 radical (unpaired) electrons. The van der Waals surface area contributed by atoms with Crippen molar-refractivity contribution in [2.24, 2.45) is 47.3 Å². The molecule has 13 heteroatoms. The maximum absolute atomic E-state index is 12.8. The van der Waals surface area contributed by atoms with Crippen LogP contribution in [0, 0.1) is 47.3 Å². The second kappa shape index (κ2) is 12.5. The molecular formula is C32H59N9O3S. The lowest BCUT2D eigenvalue weighted by atomic mass is 9.76. The lowest BCUT2D eigenvalue weighted by Gasteiger charge is -2.38. The second-order valence-corrected chi connectivity index (χ2v) is 17.9. The molecule has 4 aliphatic carbocycles. The molecule has 12 nitrogen and oxygen atoms in total. The summed E-state index contributed by atoms with van der Waals surface area (Å²) in [5, 5.41) is 31.8. The fraction of sp³-hybridized carbons (Fsp3) is 1.00. The molecular weight excluding hydrogens is 590 g/mol. The minimum absolute atomic E-state index is 0. The summed E-state index contributed by atoms with van der Waals surface area (Å²) in [5.74, 6) is 3.50. The first-order valence-electron chi connectivity index (χ1n) is 18.5. The Bertz CT molecular complexity index is 1180. The number of nitrogens with one attached hydrogen (secondary N) is 8. The van der Waals surface area contributed by atoms with Crippen molar-refractivity contribution >= 4 is 10.1 Å². The molecule has 5 heterocycles. The molecule has 9 fully saturated rings. The van der Waals surface area contributed by atoms with Gasteiger partial charge in [0.25, 0.3) is 10.1 Å². The van der Waals surface area contributed by atoms with Crippen molar-refractivity contribution in [3.8, 4) is 0 Å². The highest BCUT2D eigenvalue weighted by atomic mass is 32.2. The SMILES string of the molecule is N.O=S(=O)(O)C1CCCC2C3NC4NC(NC5NC(NC6NC(NC(N3)C21)C1CCCCC61)C1CCCCC51)C1CCCCC41. The molecule has 4 saturated carbocycles. The smallest absolute Gasteiger partial charge is 0.268 e. The van der Waals surface area contributed by atoms with E-state index in [-0.39, 0.29) is 55.0 Å². The van der Waals surface area contributed by atoms with Gasteiger partial charge in [-0.3, -0.25) is 47.1 Å². The molecule has 8 bridgehead atoms. The molecule has 0 amide bonds. The van der Waals surface area contributed by atoms with E-state index in [1.165, 1.54) is 77.0 Å². The van der Waals surface area contributed by atoms with Crippen LogP contribution in [0.15, 0.2) is 0 Å². The van der Waals surface area contributed by atoms with Crippen LogP contribution in [0.3, 0.4) is 0 Å². The highest BCUT2D eigenvalue weighted by molar-refractivity contribution is 7.86. The van der Waals surface area contributed by atoms with Crippen LogP contribution in [0.4, 0.5) is 0 Å². The van der Waals surface area contributed by atoms with Crippen molar-refractivity contribution in [3.05, 3.63) is 0 Å². The van der Waals surface area contributed by atoms with Crippen LogP contribution in [0.1, 0.15) is 96.3 Å². The van der Waals surface area contributed by atoms with E-state index in [0.717, 1.165) is 12.8 Å². The van der Waals surface area contributed by atoms with Crippen molar-refractivity contribution < 1.29 is 13.0 Å². The Labute approximate surface area is 269 Å². The van der Waals surface area contributed by atoms with Gasteiger partial charge in [0.1, 0.15) is 0 Å². The fourth-order valence-corrected chi connectivity index (χ4v) is 13.6. The molecule has 17 atom stereocenters. The Morgan fingerprint density at radius 3 is 0.956 bits per heavy atom. The van der Waals surface area contributed by atoms with Gasteiger partial charge in [0.2, 0.25) is 0 Å². The van der Waals surface area contributed by atoms with E-state index in [2.05, 4.69) is 42.5 Å². The van der Waals surface area contributed by atoms with Gasteiger partial charge in [-0.15, -0.1) is 0 Å². The molecule has 0 spiro atoms. The first-order valence-corrected chi connectivity index (χ1v) is 20.0. The van der Waals surface area contributed by atoms with Gasteiger partial charge in [-0.25, -0.2) is 0 Å². The van der Waals surface area contributed by atoms with Crippen molar-refractivity contribution in [1.29, 1.82) is 0 Å². The van der Waals surface area contributed by atoms with Gasteiger partial charge >= 0.3 is 0 Å². The summed E-state index contributed by atoms with van der Waals surface area (Å²) in [7, 11) is -4.16. The molecule has 9 aliphatic rings. The largest absolute Gasteiger partial charge is 0.344 e. The minimum atomic E-state index is -4.16. The van der Waals surface area contributed by atoms with Crippen LogP contribution in [0.5, 0.6) is 0 Å². The van der Waals surface area contributed by atoms with Crippen LogP contribution < -0.4 is 48.7 Å². The van der Waals surface area contributed by atoms with E-state index < -0.39 is 15.4 Å². The molecule has 9 rings (SSSR count). The van der Waals surface area contributed by atoms with Crippen LogP contribution in [0.2, 0.25) is 0 Å². The molecule has 12 N–H and O–H groups in total. The zero-order chi connectivity index (χ0) is 29.6. The molecule has 17 unspecified atom stereocenters. The normalized spacial score (nSPS) is 54.3. The highest BCUT2D eigenvalue weighted by Gasteiger charge is 2.57. The lowest BCUT2D eigenvalue weighted by molar-refractivity contribution is 0.167. The van der Waals surface area contributed by atoms with Crippen LogP contribution >= 0.6 is 0 Å². The zero-order valence-electron chi connectivity index (χ0n) is 26.8. The summed E-state index contributed by atoms with van der Waals surface area (Å²) in [4.78, 5) is 0. The maximum atomic E-state index is 12.8. The Morgan fingerprint density at radius 1 is 0.378 bits per heavy atom. The van der Waals surface area contributed by atoms with Crippen molar-refractivity contribution in [2.75, 3.05) is 0 Å². The maximum Gasteiger partial charge on any atom is 0.268 e. The Kier molecular flexibility index (Phi) is 8.80. The summed E-state index contributed by atoms with van der Waals surface area (Å²) < 4.78 is 36.1. The number of hydrogen-bond donors (Lipinski definition) is 10. The first kappa shape index (κ1) is 31.8. The predicted molar refractivity (Wildman–Crippen MR) is 173 cm³/mol. The molecule has 256 valence electrons. The summed E-state index contributed by atoms with van der Waals surface area (Å²) in [6, 6.07) is 0. The Morgan fingerprint density at radius 2 is 0.644 bits per heavy atom. The molecule has 0 aromatic carbocycles. The highest BCUT2D eigenvalue weighted by Crippen LogP contribution is 2.46. The monoisotopic (exact) mass is 649 g/mol. The average Bonchev–Trinajstić information content (AvgIpc) is 3.76. The summed E-state index contributed by atoms with van der Waals surface area (Å²) in [5.41, 5.74) is 0. The Balaban J connectivity index is 0.00000300. The Hall–Kier alpha value is -0.450. The van der Waals surface area contributed by atoms with E-state index in [1.54, 1.807) is 0 Å². The summed E-state index contributed by atoms with van der Waals surface area (Å²) in [6.45, 7) is 0. The molecule has 5 aliphatic heterocycles. The summed E-state index contributed by atoms with van der Waals surface area (Å²) in [6.07, 6.45) is 18.9. The van der Waals surface area contributed by atoms with Crippen LogP contribution in [0.25, 0.3) is 0 Å². The molecule has 0 aromatic heterocycles. The minimum Gasteiger partial charge on any atom is -0.344 e. The van der Waals surface area contributed by atoms with E-state index in [4.69, 9.17) is 0 Å². The van der Waals surface area contributed by atoms with E-state index >= 15 is 0 Å². The van der Waals surface area contributed by atoms with Crippen molar-refractivity contribution in [1.82, 2.24) is 48.7 Å². The number of fused-ring (bicyclic) bond motifs is 20. The topological polar surface area (TPSA) is 186 Å². The van der Waals surface area contributed by atoms with Gasteiger partial charge in [0.15, 0.2) is 0 Å². The quantitative estimate of drug-likeness (QED) is 0.186. The van der Waals surface area contributed by atoms with E-state index in [9.17, 15) is 13.0 Å². The molecule has 5 saturated heterocycles. The van der Waals surface area contributed by atoms with E-state index in [0.29, 0.717) is 54.3 Å². The van der Waals surface area contributed by atoms with Crippen LogP contribution in [-0.2, 0) is 10.1 Å². The third-order valence-electron chi connectivity index (χ3n) is 14.2. The van der Waals surface area contributed by atoms with Gasteiger partial charge in [-0.2, -0.15) is 8.42 Å². The van der Waals surface area contributed by atoms with Crippen molar-refractivity contribution in [2.45, 2.75) is 151 Å². The van der Waals surface area contributed by atoms with Gasteiger partial charge in [0, 0.05) is 5.92 Å². The third kappa shape index (κ3) is 5.53. The van der Waals surface area contributed by atoms with Gasteiger partial charge in [-0.1, -0.05) is 44.9 Å². The standard InChI is InChI=1S/C32H56N8O3S.H3N/c41-44(42,43)23-15-7-14-22-24(23)32-39-30-21-13-6-5-12-20(21)28(37-30)35-26-17-9-2-1-8-16(17)25(33-26)34-27-18-10-3-4-11-19(18)29(36-27)38-31(22)40-32;/h16-40H,1-15H2,(H,41,42,43);1H3. The van der Waals surface area contributed by atoms with E-state index in [1.807, 2.05) is 0 Å². The molecule has 45 heavy (non-hydrogen) atoms. The van der Waals surface area contributed by atoms with Gasteiger partial charge < -0.3 is 6.15 Å². The fourth-order valence-electron chi connectivity index (χ4n) is 12.3. The van der Waals surface area contributed by atoms with Crippen molar-refractivity contribution in [3.63, 3.8) is 0 Å². The zero-order valence-corrected chi connectivity index (χ0v) is 27.6. The molecule has 0 aromatic rings. The second-order valence-electron chi connectivity index (χ2n) is 16.2. The van der Waals surface area contributed by atoms with Gasteiger partial charge in [0.05, 0.1) is 54.6 Å². The van der Waals surface area contributed by atoms with Gasteiger partial charge in [-0.05, 0) is 92.8 Å².